The van der Waals surface area contributed by atoms with E-state index >= 15 is 0 Å². The summed E-state index contributed by atoms with van der Waals surface area (Å²) in [5.74, 6) is -0.157. The van der Waals surface area contributed by atoms with Crippen LogP contribution in [-0.4, -0.2) is 11.0 Å². The molecule has 0 saturated heterocycles. The zero-order valence-electron chi connectivity index (χ0n) is 14.8. The van der Waals surface area contributed by atoms with E-state index in [-0.39, 0.29) is 11.9 Å². The fourth-order valence-electron chi connectivity index (χ4n) is 3.18. The molecule has 0 aliphatic carbocycles. The highest BCUT2D eigenvalue weighted by Gasteiger charge is 2.31. The topological polar surface area (TPSA) is 53.2 Å². The van der Waals surface area contributed by atoms with E-state index in [1.165, 1.54) is 0 Å². The van der Waals surface area contributed by atoms with Gasteiger partial charge in [-0.1, -0.05) is 40.2 Å². The minimum absolute atomic E-state index is 0.157. The first kappa shape index (κ1) is 18.6. The predicted molar refractivity (Wildman–Crippen MR) is 113 cm³/mol. The van der Waals surface area contributed by atoms with Gasteiger partial charge >= 0.3 is 0 Å². The number of nitrogens with one attached hydrogen (secondary N) is 3. The lowest BCUT2D eigenvalue weighted by atomic mass is 9.95. The Morgan fingerprint density at radius 2 is 1.77 bits per heavy atom. The molecule has 0 radical (unpaired) electrons. The second kappa shape index (κ2) is 7.60. The molecule has 3 rings (SSSR count). The van der Waals surface area contributed by atoms with E-state index in [9.17, 15) is 4.79 Å². The first-order chi connectivity index (χ1) is 12.3. The monoisotopic (exact) mass is 429 g/mol. The summed E-state index contributed by atoms with van der Waals surface area (Å²) in [6, 6.07) is 13.5. The van der Waals surface area contributed by atoms with Crippen molar-refractivity contribution in [2.75, 3.05) is 5.32 Å². The number of carbonyl (C=O) groups is 1. The zero-order chi connectivity index (χ0) is 18.8. The summed E-state index contributed by atoms with van der Waals surface area (Å²) < 4.78 is 0.923. The predicted octanol–water partition coefficient (Wildman–Crippen LogP) is 4.50. The van der Waals surface area contributed by atoms with Crippen LogP contribution in [0, 0.1) is 13.8 Å². The first-order valence-electron chi connectivity index (χ1n) is 8.27. The molecule has 1 amide bonds. The van der Waals surface area contributed by atoms with Crippen molar-refractivity contribution in [1.29, 1.82) is 0 Å². The highest BCUT2D eigenvalue weighted by Crippen LogP contribution is 2.32. The molecule has 0 fully saturated rings. The molecule has 1 heterocycles. The molecule has 1 aliphatic heterocycles. The SMILES string of the molecule is CC1=C(C(=O)Nc2cc(C)cc(C)c2)[C@@H](c2ccccc2Br)NC(=S)N1. The number of thiocarbonyl (C=S) groups is 1. The Kier molecular flexibility index (Phi) is 5.44. The van der Waals surface area contributed by atoms with Crippen LogP contribution < -0.4 is 16.0 Å². The molecule has 0 unspecified atom stereocenters. The number of hydrogen-bond acceptors (Lipinski definition) is 2. The molecule has 134 valence electrons. The van der Waals surface area contributed by atoms with Crippen LogP contribution in [0.4, 0.5) is 5.69 Å². The van der Waals surface area contributed by atoms with Crippen molar-refractivity contribution >= 4 is 44.9 Å². The number of benzene rings is 2. The van der Waals surface area contributed by atoms with Gasteiger partial charge < -0.3 is 16.0 Å². The smallest absolute Gasteiger partial charge is 0.255 e. The lowest BCUT2D eigenvalue weighted by Gasteiger charge is -2.31. The van der Waals surface area contributed by atoms with Crippen LogP contribution in [0.1, 0.15) is 29.7 Å². The molecule has 2 aromatic carbocycles. The van der Waals surface area contributed by atoms with Gasteiger partial charge in [-0.25, -0.2) is 0 Å². The van der Waals surface area contributed by atoms with Crippen LogP contribution in [0.5, 0.6) is 0 Å². The Balaban J connectivity index is 1.98. The molecule has 6 heteroatoms. The van der Waals surface area contributed by atoms with Crippen molar-refractivity contribution in [2.45, 2.75) is 26.8 Å². The van der Waals surface area contributed by atoms with E-state index in [0.717, 1.165) is 32.5 Å². The van der Waals surface area contributed by atoms with Gasteiger partial charge in [0.15, 0.2) is 5.11 Å². The van der Waals surface area contributed by atoms with Gasteiger partial charge in [0.1, 0.15) is 0 Å². The molecular formula is C20H20BrN3OS. The molecule has 3 N–H and O–H groups in total. The molecule has 1 atom stereocenters. The number of anilines is 1. The second-order valence-electron chi connectivity index (χ2n) is 6.42. The van der Waals surface area contributed by atoms with Crippen molar-refractivity contribution in [3.63, 3.8) is 0 Å². The average Bonchev–Trinajstić information content (AvgIpc) is 2.53. The van der Waals surface area contributed by atoms with Crippen molar-refractivity contribution in [3.05, 3.63) is 74.9 Å². The fourth-order valence-corrected chi connectivity index (χ4v) is 3.97. The molecule has 26 heavy (non-hydrogen) atoms. The number of halogens is 1. The Labute approximate surface area is 167 Å². The van der Waals surface area contributed by atoms with Gasteiger partial charge in [-0.15, -0.1) is 0 Å². The van der Waals surface area contributed by atoms with E-state index in [4.69, 9.17) is 12.2 Å². The lowest BCUT2D eigenvalue weighted by molar-refractivity contribution is -0.113. The third kappa shape index (κ3) is 3.97. The third-order valence-electron chi connectivity index (χ3n) is 4.21. The van der Waals surface area contributed by atoms with Crippen molar-refractivity contribution in [1.82, 2.24) is 10.6 Å². The van der Waals surface area contributed by atoms with Gasteiger partial charge in [0.05, 0.1) is 11.6 Å². The molecular weight excluding hydrogens is 410 g/mol. The molecule has 0 aromatic heterocycles. The van der Waals surface area contributed by atoms with E-state index in [2.05, 4.69) is 37.9 Å². The van der Waals surface area contributed by atoms with Crippen molar-refractivity contribution < 1.29 is 4.79 Å². The van der Waals surface area contributed by atoms with Crippen LogP contribution >= 0.6 is 28.1 Å². The Morgan fingerprint density at radius 1 is 1.12 bits per heavy atom. The number of aryl methyl sites for hydroxylation is 2. The van der Waals surface area contributed by atoms with E-state index in [1.807, 2.05) is 57.2 Å². The minimum atomic E-state index is -0.328. The normalized spacial score (nSPS) is 16.8. The molecule has 0 saturated carbocycles. The maximum Gasteiger partial charge on any atom is 0.255 e. The summed E-state index contributed by atoms with van der Waals surface area (Å²) in [4.78, 5) is 13.1. The van der Waals surface area contributed by atoms with Gasteiger partial charge in [-0.05, 0) is 67.9 Å². The second-order valence-corrected chi connectivity index (χ2v) is 7.68. The van der Waals surface area contributed by atoms with Crippen LogP contribution in [0.3, 0.4) is 0 Å². The van der Waals surface area contributed by atoms with Gasteiger partial charge in [-0.3, -0.25) is 4.79 Å². The summed E-state index contributed by atoms with van der Waals surface area (Å²) >= 11 is 8.88. The van der Waals surface area contributed by atoms with Gasteiger partial charge in [0, 0.05) is 15.9 Å². The van der Waals surface area contributed by atoms with Gasteiger partial charge in [0.25, 0.3) is 5.91 Å². The fraction of sp³-hybridized carbons (Fsp3) is 0.200. The van der Waals surface area contributed by atoms with E-state index < -0.39 is 0 Å². The quantitative estimate of drug-likeness (QED) is 0.628. The van der Waals surface area contributed by atoms with Crippen molar-refractivity contribution in [2.24, 2.45) is 0 Å². The summed E-state index contributed by atoms with van der Waals surface area (Å²) in [6.07, 6.45) is 0. The highest BCUT2D eigenvalue weighted by molar-refractivity contribution is 9.10. The number of rotatable bonds is 3. The summed E-state index contributed by atoms with van der Waals surface area (Å²) in [5.41, 5.74) is 5.32. The van der Waals surface area contributed by atoms with Crippen LogP contribution in [-0.2, 0) is 4.79 Å². The molecule has 0 spiro atoms. The number of hydrogen-bond donors (Lipinski definition) is 3. The Hall–Kier alpha value is -2.18. The minimum Gasteiger partial charge on any atom is -0.351 e. The number of carbonyl (C=O) groups excluding carboxylic acids is 1. The Morgan fingerprint density at radius 3 is 2.42 bits per heavy atom. The Bertz CT molecular complexity index is 903. The zero-order valence-corrected chi connectivity index (χ0v) is 17.2. The molecule has 0 bridgehead atoms. The van der Waals surface area contributed by atoms with Gasteiger partial charge in [0.2, 0.25) is 0 Å². The number of allylic oxidation sites excluding steroid dienone is 1. The average molecular weight is 430 g/mol. The standard InChI is InChI=1S/C20H20BrN3OS/c1-11-8-12(2)10-14(9-11)23-19(25)17-13(3)22-20(26)24-18(17)15-6-4-5-7-16(15)21/h4-10,18H,1-3H3,(H,23,25)(H2,22,24,26)/t18-/m1/s1. The van der Waals surface area contributed by atoms with Crippen LogP contribution in [0.2, 0.25) is 0 Å². The molecule has 4 nitrogen and oxygen atoms in total. The van der Waals surface area contributed by atoms with Gasteiger partial charge in [-0.2, -0.15) is 0 Å². The van der Waals surface area contributed by atoms with Crippen LogP contribution in [0.15, 0.2) is 58.2 Å². The lowest BCUT2D eigenvalue weighted by Crippen LogP contribution is -2.45. The maximum absolute atomic E-state index is 13.1. The van der Waals surface area contributed by atoms with Crippen molar-refractivity contribution in [3.8, 4) is 0 Å². The summed E-state index contributed by atoms with van der Waals surface area (Å²) in [6.45, 7) is 5.89. The summed E-state index contributed by atoms with van der Waals surface area (Å²) in [5, 5.41) is 9.80. The molecule has 1 aliphatic rings. The van der Waals surface area contributed by atoms with Crippen LogP contribution in [0.25, 0.3) is 0 Å². The molecule has 2 aromatic rings. The highest BCUT2D eigenvalue weighted by atomic mass is 79.9. The largest absolute Gasteiger partial charge is 0.351 e. The summed E-state index contributed by atoms with van der Waals surface area (Å²) in [7, 11) is 0. The first-order valence-corrected chi connectivity index (χ1v) is 9.47. The number of amides is 1. The van der Waals surface area contributed by atoms with E-state index in [0.29, 0.717) is 10.7 Å². The maximum atomic E-state index is 13.1. The van der Waals surface area contributed by atoms with E-state index in [1.54, 1.807) is 0 Å². The third-order valence-corrected chi connectivity index (χ3v) is 5.15.